The van der Waals surface area contributed by atoms with Crippen molar-refractivity contribution in [2.45, 2.75) is 45.3 Å². The number of aliphatic hydroxyl groups excluding tert-OH is 1. The van der Waals surface area contributed by atoms with Gasteiger partial charge in [0.15, 0.2) is 0 Å². The minimum Gasteiger partial charge on any atom is -0.469 e. The molecule has 7 heteroatoms. The summed E-state index contributed by atoms with van der Waals surface area (Å²) in [5.41, 5.74) is 0. The molecule has 0 saturated heterocycles. The Kier molecular flexibility index (Phi) is 8.54. The normalized spacial score (nSPS) is 13.5. The lowest BCUT2D eigenvalue weighted by atomic mass is 10.0. The van der Waals surface area contributed by atoms with E-state index in [0.29, 0.717) is 0 Å². The molecule has 0 spiro atoms. The standard InChI is InChI=1S/C13H23NO6/c1-8(2)7-10(15)12(17)14-9(13(18)20-4)5-6-11(16)19-3/h8-10,15H,5-7H2,1-4H3,(H,14,17)/t9-,10+/m1/s1. The Bertz CT molecular complexity index is 342. The zero-order valence-corrected chi connectivity index (χ0v) is 12.3. The smallest absolute Gasteiger partial charge is 0.328 e. The molecule has 0 aromatic rings. The largest absolute Gasteiger partial charge is 0.469 e. The molecule has 0 radical (unpaired) electrons. The van der Waals surface area contributed by atoms with E-state index in [1.54, 1.807) is 0 Å². The van der Waals surface area contributed by atoms with Gasteiger partial charge in [-0.25, -0.2) is 4.79 Å². The number of nitrogens with one attached hydrogen (secondary N) is 1. The van der Waals surface area contributed by atoms with E-state index in [1.807, 2.05) is 13.8 Å². The fourth-order valence-electron chi connectivity index (χ4n) is 1.58. The molecule has 2 N–H and O–H groups in total. The molecule has 20 heavy (non-hydrogen) atoms. The number of carbonyl (C=O) groups is 3. The van der Waals surface area contributed by atoms with Crippen molar-refractivity contribution in [2.24, 2.45) is 5.92 Å². The summed E-state index contributed by atoms with van der Waals surface area (Å²) in [6.45, 7) is 3.73. The fraction of sp³-hybridized carbons (Fsp3) is 0.769. The van der Waals surface area contributed by atoms with E-state index in [9.17, 15) is 19.5 Å². The molecule has 0 unspecified atom stereocenters. The van der Waals surface area contributed by atoms with Crippen molar-refractivity contribution < 1.29 is 29.0 Å². The molecule has 0 rings (SSSR count). The minimum absolute atomic E-state index is 0.0309. The molecule has 0 heterocycles. The highest BCUT2D eigenvalue weighted by molar-refractivity contribution is 5.87. The molecular formula is C13H23NO6. The summed E-state index contributed by atoms with van der Waals surface area (Å²) in [5, 5.41) is 12.0. The van der Waals surface area contributed by atoms with Crippen LogP contribution in [0.4, 0.5) is 0 Å². The van der Waals surface area contributed by atoms with E-state index >= 15 is 0 Å². The predicted molar refractivity (Wildman–Crippen MR) is 70.7 cm³/mol. The van der Waals surface area contributed by atoms with E-state index in [-0.39, 0.29) is 25.2 Å². The van der Waals surface area contributed by atoms with E-state index in [0.717, 1.165) is 0 Å². The molecule has 0 aliphatic carbocycles. The maximum Gasteiger partial charge on any atom is 0.328 e. The number of methoxy groups -OCH3 is 2. The van der Waals surface area contributed by atoms with Gasteiger partial charge < -0.3 is 19.9 Å². The summed E-state index contributed by atoms with van der Waals surface area (Å²) in [7, 11) is 2.42. The first-order chi connectivity index (χ1) is 9.31. The molecule has 116 valence electrons. The van der Waals surface area contributed by atoms with Gasteiger partial charge in [-0.2, -0.15) is 0 Å². The van der Waals surface area contributed by atoms with Crippen LogP contribution in [0.25, 0.3) is 0 Å². The van der Waals surface area contributed by atoms with E-state index < -0.39 is 30.0 Å². The van der Waals surface area contributed by atoms with E-state index in [4.69, 9.17) is 0 Å². The van der Waals surface area contributed by atoms with Gasteiger partial charge in [-0.3, -0.25) is 9.59 Å². The number of hydrogen-bond acceptors (Lipinski definition) is 6. The molecule has 0 fully saturated rings. The third-order valence-electron chi connectivity index (χ3n) is 2.66. The van der Waals surface area contributed by atoms with Gasteiger partial charge in [0.1, 0.15) is 12.1 Å². The van der Waals surface area contributed by atoms with Crippen LogP contribution in [0.1, 0.15) is 33.1 Å². The Morgan fingerprint density at radius 2 is 1.75 bits per heavy atom. The van der Waals surface area contributed by atoms with Gasteiger partial charge >= 0.3 is 11.9 Å². The van der Waals surface area contributed by atoms with E-state index in [2.05, 4.69) is 14.8 Å². The Hall–Kier alpha value is -1.63. The second kappa shape index (κ2) is 9.30. The van der Waals surface area contributed by atoms with Crippen LogP contribution in [0.15, 0.2) is 0 Å². The summed E-state index contributed by atoms with van der Waals surface area (Å²) in [5.74, 6) is -1.67. The van der Waals surface area contributed by atoms with Gasteiger partial charge in [-0.1, -0.05) is 13.8 Å². The van der Waals surface area contributed by atoms with Crippen molar-refractivity contribution in [3.05, 3.63) is 0 Å². The minimum atomic E-state index is -1.19. The SMILES string of the molecule is COC(=O)CC[C@@H](NC(=O)[C@@H](O)CC(C)C)C(=O)OC. The summed E-state index contributed by atoms with van der Waals surface area (Å²) in [6.07, 6.45) is -0.882. The van der Waals surface area contributed by atoms with Gasteiger partial charge in [-0.15, -0.1) is 0 Å². The summed E-state index contributed by atoms with van der Waals surface area (Å²) < 4.78 is 9.02. The van der Waals surface area contributed by atoms with Crippen molar-refractivity contribution >= 4 is 17.8 Å². The highest BCUT2D eigenvalue weighted by atomic mass is 16.5. The topological polar surface area (TPSA) is 102 Å². The first kappa shape index (κ1) is 18.4. The van der Waals surface area contributed by atoms with Gasteiger partial charge in [0.2, 0.25) is 5.91 Å². The Labute approximate surface area is 118 Å². The molecule has 0 aliphatic heterocycles. The highest BCUT2D eigenvalue weighted by Gasteiger charge is 2.26. The van der Waals surface area contributed by atoms with Crippen LogP contribution >= 0.6 is 0 Å². The second-order valence-electron chi connectivity index (χ2n) is 4.84. The predicted octanol–water partition coefficient (Wildman–Crippen LogP) is 0.00440. The monoisotopic (exact) mass is 289 g/mol. The van der Waals surface area contributed by atoms with Crippen molar-refractivity contribution in [2.75, 3.05) is 14.2 Å². The Balaban J connectivity index is 4.52. The van der Waals surface area contributed by atoms with Crippen LogP contribution in [-0.4, -0.2) is 49.3 Å². The molecule has 2 atom stereocenters. The first-order valence-corrected chi connectivity index (χ1v) is 6.44. The lowest BCUT2D eigenvalue weighted by molar-refractivity contribution is -0.147. The van der Waals surface area contributed by atoms with Gasteiger partial charge in [0.05, 0.1) is 14.2 Å². The van der Waals surface area contributed by atoms with Gasteiger partial charge in [0.25, 0.3) is 0 Å². The molecule has 0 aromatic carbocycles. The van der Waals surface area contributed by atoms with Crippen LogP contribution in [0, 0.1) is 5.92 Å². The van der Waals surface area contributed by atoms with Crippen LogP contribution in [-0.2, 0) is 23.9 Å². The number of amides is 1. The summed E-state index contributed by atoms with van der Waals surface area (Å²) in [6, 6.07) is -0.978. The third-order valence-corrected chi connectivity index (χ3v) is 2.66. The Morgan fingerprint density at radius 1 is 1.15 bits per heavy atom. The average Bonchev–Trinajstić information content (AvgIpc) is 2.40. The van der Waals surface area contributed by atoms with Crippen molar-refractivity contribution in [3.8, 4) is 0 Å². The maximum atomic E-state index is 11.7. The number of aliphatic hydroxyl groups is 1. The second-order valence-corrected chi connectivity index (χ2v) is 4.84. The molecule has 0 aliphatic rings. The number of esters is 2. The average molecular weight is 289 g/mol. The van der Waals surface area contributed by atoms with Crippen LogP contribution < -0.4 is 5.32 Å². The zero-order chi connectivity index (χ0) is 15.7. The molecule has 0 aromatic heterocycles. The molecular weight excluding hydrogens is 266 g/mol. The van der Waals surface area contributed by atoms with Crippen molar-refractivity contribution in [3.63, 3.8) is 0 Å². The first-order valence-electron chi connectivity index (χ1n) is 6.44. The van der Waals surface area contributed by atoms with Gasteiger partial charge in [0, 0.05) is 6.42 Å². The van der Waals surface area contributed by atoms with Crippen LogP contribution in [0.2, 0.25) is 0 Å². The van der Waals surface area contributed by atoms with E-state index in [1.165, 1.54) is 14.2 Å². The molecule has 1 amide bonds. The highest BCUT2D eigenvalue weighted by Crippen LogP contribution is 2.07. The Morgan fingerprint density at radius 3 is 2.20 bits per heavy atom. The fourth-order valence-corrected chi connectivity index (χ4v) is 1.58. The number of carbonyl (C=O) groups excluding carboxylic acids is 3. The molecule has 0 bridgehead atoms. The lowest BCUT2D eigenvalue weighted by Gasteiger charge is -2.19. The van der Waals surface area contributed by atoms with Crippen molar-refractivity contribution in [1.29, 1.82) is 0 Å². The number of hydrogen-bond donors (Lipinski definition) is 2. The third kappa shape index (κ3) is 7.08. The zero-order valence-electron chi connectivity index (χ0n) is 12.3. The molecule has 7 nitrogen and oxygen atoms in total. The number of ether oxygens (including phenoxy) is 2. The van der Waals surface area contributed by atoms with Gasteiger partial charge in [-0.05, 0) is 18.8 Å². The quantitative estimate of drug-likeness (QED) is 0.610. The van der Waals surface area contributed by atoms with Crippen LogP contribution in [0.3, 0.4) is 0 Å². The molecule has 0 saturated carbocycles. The maximum absolute atomic E-state index is 11.7. The lowest BCUT2D eigenvalue weighted by Crippen LogP contribution is -2.46. The number of rotatable bonds is 8. The van der Waals surface area contributed by atoms with Crippen molar-refractivity contribution in [1.82, 2.24) is 5.32 Å². The van der Waals surface area contributed by atoms with Crippen LogP contribution in [0.5, 0.6) is 0 Å². The summed E-state index contributed by atoms with van der Waals surface area (Å²) in [4.78, 5) is 34.3. The summed E-state index contributed by atoms with van der Waals surface area (Å²) >= 11 is 0.